The average molecular weight is 223 g/mol. The second-order valence-electron chi connectivity index (χ2n) is 4.61. The van der Waals surface area contributed by atoms with Gasteiger partial charge >= 0.3 is 5.97 Å². The highest BCUT2D eigenvalue weighted by Crippen LogP contribution is 2.36. The first-order valence-electron chi connectivity index (χ1n) is 5.56. The third-order valence-electron chi connectivity index (χ3n) is 2.86. The average Bonchev–Trinajstić information content (AvgIpc) is 2.62. The zero-order valence-corrected chi connectivity index (χ0v) is 9.62. The molecule has 1 saturated carbocycles. The summed E-state index contributed by atoms with van der Waals surface area (Å²) in [6, 6.07) is 0. The van der Waals surface area contributed by atoms with E-state index in [0.717, 1.165) is 19.3 Å². The van der Waals surface area contributed by atoms with Gasteiger partial charge in [-0.2, -0.15) is 0 Å². The van der Waals surface area contributed by atoms with Gasteiger partial charge in [0.1, 0.15) is 11.5 Å². The van der Waals surface area contributed by atoms with Crippen LogP contribution in [0.2, 0.25) is 0 Å². The van der Waals surface area contributed by atoms with E-state index in [1.165, 1.54) is 6.20 Å². The van der Waals surface area contributed by atoms with Crippen molar-refractivity contribution in [3.63, 3.8) is 0 Å². The number of carbonyl (C=O) groups excluding carboxylic acids is 1. The third-order valence-corrected chi connectivity index (χ3v) is 2.86. The molecule has 0 aliphatic heterocycles. The van der Waals surface area contributed by atoms with Crippen LogP contribution in [-0.4, -0.2) is 22.0 Å². The smallest absolute Gasteiger partial charge is 0.356 e. The molecule has 3 N–H and O–H groups in total. The van der Waals surface area contributed by atoms with Gasteiger partial charge in [0.2, 0.25) is 0 Å². The Balaban J connectivity index is 2.10. The summed E-state index contributed by atoms with van der Waals surface area (Å²) < 4.78 is 5.06. The monoisotopic (exact) mass is 223 g/mol. The molecule has 0 aromatic carbocycles. The van der Waals surface area contributed by atoms with E-state index in [9.17, 15) is 4.79 Å². The number of H-pyrrole nitrogens is 1. The van der Waals surface area contributed by atoms with E-state index >= 15 is 0 Å². The van der Waals surface area contributed by atoms with Gasteiger partial charge in [0.25, 0.3) is 0 Å². The molecule has 0 saturated heterocycles. The van der Waals surface area contributed by atoms with Crippen LogP contribution < -0.4 is 5.73 Å². The van der Waals surface area contributed by atoms with E-state index in [1.807, 2.05) is 13.8 Å². The van der Waals surface area contributed by atoms with Crippen LogP contribution in [0.1, 0.15) is 49.4 Å². The Bertz CT molecular complexity index is 394. The molecular formula is C11H17N3O2. The summed E-state index contributed by atoms with van der Waals surface area (Å²) in [6.45, 7) is 3.62. The molecule has 1 heterocycles. The number of aromatic nitrogens is 2. The van der Waals surface area contributed by atoms with Crippen molar-refractivity contribution in [2.45, 2.75) is 44.8 Å². The van der Waals surface area contributed by atoms with Gasteiger partial charge in [0.05, 0.1) is 17.8 Å². The molecule has 1 aromatic rings. The first-order valence-corrected chi connectivity index (χ1v) is 5.56. The molecule has 1 fully saturated rings. The number of nitrogens with one attached hydrogen (secondary N) is 1. The van der Waals surface area contributed by atoms with E-state index in [2.05, 4.69) is 9.97 Å². The minimum atomic E-state index is -0.378. The molecule has 0 atom stereocenters. The Morgan fingerprint density at radius 2 is 2.31 bits per heavy atom. The summed E-state index contributed by atoms with van der Waals surface area (Å²) in [4.78, 5) is 18.7. The Labute approximate surface area is 94.4 Å². The molecule has 1 aliphatic carbocycles. The molecule has 1 aromatic heterocycles. The predicted octanol–water partition coefficient (Wildman–Crippen LogP) is 1.31. The van der Waals surface area contributed by atoms with Crippen molar-refractivity contribution >= 4 is 5.97 Å². The van der Waals surface area contributed by atoms with Crippen LogP contribution in [0.15, 0.2) is 6.20 Å². The van der Waals surface area contributed by atoms with Gasteiger partial charge in [-0.15, -0.1) is 0 Å². The SMILES string of the molecule is CC(C)OC(=O)c1cnc(C2(N)CCC2)[nH]1. The Morgan fingerprint density at radius 3 is 2.81 bits per heavy atom. The Kier molecular flexibility index (Phi) is 2.71. The second kappa shape index (κ2) is 3.90. The number of hydrogen-bond donors (Lipinski definition) is 2. The van der Waals surface area contributed by atoms with Crippen LogP contribution in [0.4, 0.5) is 0 Å². The van der Waals surface area contributed by atoms with Crippen molar-refractivity contribution in [2.24, 2.45) is 5.73 Å². The number of nitrogens with two attached hydrogens (primary N) is 1. The minimum Gasteiger partial charge on any atom is -0.458 e. The van der Waals surface area contributed by atoms with Crippen LogP contribution in [0.3, 0.4) is 0 Å². The zero-order valence-electron chi connectivity index (χ0n) is 9.62. The molecule has 0 bridgehead atoms. The molecule has 0 amide bonds. The first kappa shape index (κ1) is 11.1. The van der Waals surface area contributed by atoms with Crippen molar-refractivity contribution in [2.75, 3.05) is 0 Å². The fourth-order valence-electron chi connectivity index (χ4n) is 1.75. The van der Waals surface area contributed by atoms with Crippen molar-refractivity contribution < 1.29 is 9.53 Å². The highest BCUT2D eigenvalue weighted by Gasteiger charge is 2.37. The third kappa shape index (κ3) is 1.95. The van der Waals surface area contributed by atoms with Gasteiger partial charge in [0, 0.05) is 0 Å². The highest BCUT2D eigenvalue weighted by molar-refractivity contribution is 5.87. The molecule has 1 aliphatic rings. The van der Waals surface area contributed by atoms with Crippen LogP contribution in [0.25, 0.3) is 0 Å². The summed E-state index contributed by atoms with van der Waals surface area (Å²) in [6.07, 6.45) is 4.31. The number of aromatic amines is 1. The number of carbonyl (C=O) groups is 1. The van der Waals surface area contributed by atoms with Crippen molar-refractivity contribution in [1.82, 2.24) is 9.97 Å². The van der Waals surface area contributed by atoms with Gasteiger partial charge in [0.15, 0.2) is 0 Å². The fourth-order valence-corrected chi connectivity index (χ4v) is 1.75. The number of esters is 1. The normalized spacial score (nSPS) is 18.2. The number of imidazole rings is 1. The molecule has 0 radical (unpaired) electrons. The maximum absolute atomic E-state index is 11.6. The summed E-state index contributed by atoms with van der Waals surface area (Å²) in [5, 5.41) is 0. The van der Waals surface area contributed by atoms with Crippen LogP contribution in [0, 0.1) is 0 Å². The van der Waals surface area contributed by atoms with Crippen molar-refractivity contribution in [3.8, 4) is 0 Å². The maximum Gasteiger partial charge on any atom is 0.356 e. The molecule has 0 unspecified atom stereocenters. The lowest BCUT2D eigenvalue weighted by Crippen LogP contribution is -2.44. The highest BCUT2D eigenvalue weighted by atomic mass is 16.5. The van der Waals surface area contributed by atoms with Gasteiger partial charge in [-0.1, -0.05) is 0 Å². The van der Waals surface area contributed by atoms with E-state index in [4.69, 9.17) is 10.5 Å². The van der Waals surface area contributed by atoms with Crippen molar-refractivity contribution in [1.29, 1.82) is 0 Å². The van der Waals surface area contributed by atoms with E-state index in [1.54, 1.807) is 0 Å². The van der Waals surface area contributed by atoms with Gasteiger partial charge < -0.3 is 15.5 Å². The van der Waals surface area contributed by atoms with Crippen LogP contribution >= 0.6 is 0 Å². The molecule has 88 valence electrons. The number of rotatable bonds is 3. The summed E-state index contributed by atoms with van der Waals surface area (Å²) in [7, 11) is 0. The van der Waals surface area contributed by atoms with Gasteiger partial charge in [-0.05, 0) is 33.1 Å². The fraction of sp³-hybridized carbons (Fsp3) is 0.636. The van der Waals surface area contributed by atoms with E-state index in [0.29, 0.717) is 11.5 Å². The largest absolute Gasteiger partial charge is 0.458 e. The van der Waals surface area contributed by atoms with E-state index < -0.39 is 0 Å². The number of nitrogens with zero attached hydrogens (tertiary/aromatic N) is 1. The lowest BCUT2D eigenvalue weighted by atomic mass is 9.77. The summed E-state index contributed by atoms with van der Waals surface area (Å²) in [5.41, 5.74) is 6.10. The summed E-state index contributed by atoms with van der Waals surface area (Å²) >= 11 is 0. The molecule has 16 heavy (non-hydrogen) atoms. The lowest BCUT2D eigenvalue weighted by Gasteiger charge is -2.35. The molecule has 2 rings (SSSR count). The first-order chi connectivity index (χ1) is 7.51. The van der Waals surface area contributed by atoms with E-state index in [-0.39, 0.29) is 17.6 Å². The maximum atomic E-state index is 11.6. The molecular weight excluding hydrogens is 206 g/mol. The van der Waals surface area contributed by atoms with Crippen molar-refractivity contribution in [3.05, 3.63) is 17.7 Å². The van der Waals surface area contributed by atoms with Crippen LogP contribution in [0.5, 0.6) is 0 Å². The summed E-state index contributed by atoms with van der Waals surface area (Å²) in [5.74, 6) is 0.311. The standard InChI is InChI=1S/C11H17N3O2/c1-7(2)16-9(15)8-6-13-10(14-8)11(12)4-3-5-11/h6-7H,3-5,12H2,1-2H3,(H,13,14). The lowest BCUT2D eigenvalue weighted by molar-refractivity contribution is 0.0371. The number of ether oxygens (including phenoxy) is 1. The van der Waals surface area contributed by atoms with Crippen LogP contribution in [-0.2, 0) is 10.3 Å². The quantitative estimate of drug-likeness (QED) is 0.757. The second-order valence-corrected chi connectivity index (χ2v) is 4.61. The predicted molar refractivity (Wildman–Crippen MR) is 58.9 cm³/mol. The Hall–Kier alpha value is -1.36. The molecule has 5 heteroatoms. The topological polar surface area (TPSA) is 81.0 Å². The number of hydrogen-bond acceptors (Lipinski definition) is 4. The zero-order chi connectivity index (χ0) is 11.8. The van der Waals surface area contributed by atoms with Gasteiger partial charge in [-0.3, -0.25) is 0 Å². The minimum absolute atomic E-state index is 0.130. The molecule has 5 nitrogen and oxygen atoms in total. The van der Waals surface area contributed by atoms with Gasteiger partial charge in [-0.25, -0.2) is 9.78 Å². The molecule has 0 spiro atoms. The Morgan fingerprint density at radius 1 is 1.62 bits per heavy atom.